The van der Waals surface area contributed by atoms with E-state index in [1.54, 1.807) is 0 Å². The van der Waals surface area contributed by atoms with Crippen molar-refractivity contribution in [2.75, 3.05) is 18.8 Å². The highest BCUT2D eigenvalue weighted by Crippen LogP contribution is 2.23. The fraction of sp³-hybridized carbons (Fsp3) is 0.571. The van der Waals surface area contributed by atoms with Crippen LogP contribution in [0.4, 0.5) is 5.82 Å². The lowest BCUT2D eigenvalue weighted by Crippen LogP contribution is -2.30. The summed E-state index contributed by atoms with van der Waals surface area (Å²) in [5, 5.41) is 24.4. The molecule has 90 valence electrons. The molecular formula is C7H12N4O4S. The van der Waals surface area contributed by atoms with Crippen molar-refractivity contribution in [1.82, 2.24) is 14.5 Å². The van der Waals surface area contributed by atoms with Gasteiger partial charge in [-0.15, -0.1) is 0 Å². The lowest BCUT2D eigenvalue weighted by Gasteiger charge is -2.14. The predicted octanol–water partition coefficient (Wildman–Crippen LogP) is -2.28. The highest BCUT2D eigenvalue weighted by atomic mass is 32.2. The molecule has 5 N–H and O–H groups in total. The van der Waals surface area contributed by atoms with Crippen LogP contribution in [-0.2, 0) is 10.0 Å². The number of hydrogen-bond acceptors (Lipinski definition) is 6. The zero-order chi connectivity index (χ0) is 11.9. The maximum atomic E-state index is 12.0. The van der Waals surface area contributed by atoms with Gasteiger partial charge in [0.15, 0.2) is 0 Å². The van der Waals surface area contributed by atoms with Crippen LogP contribution in [0.5, 0.6) is 0 Å². The minimum atomic E-state index is -3.80. The highest BCUT2D eigenvalue weighted by Gasteiger charge is 2.38. The number of aliphatic hydroxyl groups excluding tert-OH is 2. The van der Waals surface area contributed by atoms with Crippen LogP contribution in [0.1, 0.15) is 0 Å². The van der Waals surface area contributed by atoms with E-state index in [9.17, 15) is 18.6 Å². The van der Waals surface area contributed by atoms with Crippen LogP contribution in [-0.4, -0.2) is 58.4 Å². The molecule has 2 atom stereocenters. The molecule has 0 bridgehead atoms. The van der Waals surface area contributed by atoms with E-state index in [2.05, 4.69) is 10.2 Å². The van der Waals surface area contributed by atoms with Crippen LogP contribution in [0.2, 0.25) is 0 Å². The normalized spacial score (nSPS) is 27.4. The maximum absolute atomic E-state index is 12.0. The molecule has 0 aliphatic carbocycles. The van der Waals surface area contributed by atoms with Crippen molar-refractivity contribution in [3.63, 3.8) is 0 Å². The molecule has 8 nitrogen and oxygen atoms in total. The summed E-state index contributed by atoms with van der Waals surface area (Å²) in [4.78, 5) is -0.145. The van der Waals surface area contributed by atoms with Crippen molar-refractivity contribution >= 4 is 15.8 Å². The second-order valence-electron chi connectivity index (χ2n) is 3.60. The molecule has 0 amide bonds. The molecule has 0 spiro atoms. The van der Waals surface area contributed by atoms with Crippen LogP contribution in [0.25, 0.3) is 0 Å². The molecule has 0 radical (unpaired) electrons. The summed E-state index contributed by atoms with van der Waals surface area (Å²) in [5.41, 5.74) is 5.41. The Kier molecular flexibility index (Phi) is 2.62. The minimum Gasteiger partial charge on any atom is -0.389 e. The number of nitrogens with zero attached hydrogens (tertiary/aromatic N) is 2. The van der Waals surface area contributed by atoms with Crippen LogP contribution >= 0.6 is 0 Å². The third-order valence-electron chi connectivity index (χ3n) is 2.48. The van der Waals surface area contributed by atoms with Gasteiger partial charge in [0.05, 0.1) is 18.4 Å². The standard InChI is InChI=1S/C7H12N4O4S/c8-7-6(1-9-10-7)16(14,15)11-2-4(12)5(13)3-11/h1,4-5,12-13H,2-3H2,(H3,8,9,10)/t4-,5+. The van der Waals surface area contributed by atoms with Crippen LogP contribution in [0.3, 0.4) is 0 Å². The number of aromatic amines is 1. The molecule has 1 saturated heterocycles. The van der Waals surface area contributed by atoms with E-state index < -0.39 is 22.2 Å². The average molecular weight is 248 g/mol. The summed E-state index contributed by atoms with van der Waals surface area (Å²) in [6.45, 7) is -0.289. The summed E-state index contributed by atoms with van der Waals surface area (Å²) in [6.07, 6.45) is -1.03. The largest absolute Gasteiger partial charge is 0.389 e. The summed E-state index contributed by atoms with van der Waals surface area (Å²) in [6, 6.07) is 0. The number of sulfonamides is 1. The van der Waals surface area contributed by atoms with Crippen molar-refractivity contribution in [2.45, 2.75) is 17.1 Å². The van der Waals surface area contributed by atoms with Crippen molar-refractivity contribution in [1.29, 1.82) is 0 Å². The lowest BCUT2D eigenvalue weighted by molar-refractivity contribution is 0.0572. The Morgan fingerprint density at radius 3 is 2.44 bits per heavy atom. The monoisotopic (exact) mass is 248 g/mol. The number of hydrogen-bond donors (Lipinski definition) is 4. The first-order chi connectivity index (χ1) is 7.43. The van der Waals surface area contributed by atoms with Gasteiger partial charge in [0.25, 0.3) is 0 Å². The summed E-state index contributed by atoms with van der Waals surface area (Å²) >= 11 is 0. The number of aromatic nitrogens is 2. The smallest absolute Gasteiger partial charge is 0.248 e. The van der Waals surface area contributed by atoms with Crippen LogP contribution in [0, 0.1) is 0 Å². The molecule has 1 aliphatic rings. The minimum absolute atomic E-state index is 0.0594. The van der Waals surface area contributed by atoms with Crippen molar-refractivity contribution in [3.8, 4) is 0 Å². The number of anilines is 1. The molecule has 2 heterocycles. The number of aliphatic hydroxyl groups is 2. The van der Waals surface area contributed by atoms with Crippen LogP contribution in [0.15, 0.2) is 11.1 Å². The van der Waals surface area contributed by atoms with Gasteiger partial charge in [-0.25, -0.2) is 8.42 Å². The van der Waals surface area contributed by atoms with Crippen molar-refractivity contribution in [2.24, 2.45) is 0 Å². The molecule has 0 unspecified atom stereocenters. The third-order valence-corrected chi connectivity index (χ3v) is 4.33. The molecule has 16 heavy (non-hydrogen) atoms. The van der Waals surface area contributed by atoms with E-state index in [-0.39, 0.29) is 23.8 Å². The zero-order valence-corrected chi connectivity index (χ0v) is 9.05. The zero-order valence-electron chi connectivity index (χ0n) is 8.24. The fourth-order valence-electron chi connectivity index (χ4n) is 1.56. The van der Waals surface area contributed by atoms with E-state index in [4.69, 9.17) is 5.73 Å². The summed E-state index contributed by atoms with van der Waals surface area (Å²) in [7, 11) is -3.80. The van der Waals surface area contributed by atoms with Gasteiger partial charge in [-0.3, -0.25) is 5.10 Å². The van der Waals surface area contributed by atoms with Gasteiger partial charge >= 0.3 is 0 Å². The number of nitrogens with one attached hydrogen (secondary N) is 1. The molecule has 9 heteroatoms. The highest BCUT2D eigenvalue weighted by molar-refractivity contribution is 7.89. The molecule has 1 fully saturated rings. The van der Waals surface area contributed by atoms with E-state index >= 15 is 0 Å². The van der Waals surface area contributed by atoms with Crippen molar-refractivity contribution < 1.29 is 18.6 Å². The molecule has 1 aromatic heterocycles. The third kappa shape index (κ3) is 1.67. The maximum Gasteiger partial charge on any atom is 0.248 e. The van der Waals surface area contributed by atoms with Gasteiger partial charge in [0.1, 0.15) is 10.7 Å². The number of nitrogen functional groups attached to an aromatic ring is 1. The first-order valence-electron chi connectivity index (χ1n) is 4.58. The van der Waals surface area contributed by atoms with E-state index in [1.807, 2.05) is 0 Å². The fourth-order valence-corrected chi connectivity index (χ4v) is 3.05. The van der Waals surface area contributed by atoms with Crippen molar-refractivity contribution in [3.05, 3.63) is 6.20 Å². The lowest BCUT2D eigenvalue weighted by atomic mass is 10.3. The van der Waals surface area contributed by atoms with Gasteiger partial charge in [-0.2, -0.15) is 9.40 Å². The van der Waals surface area contributed by atoms with Gasteiger partial charge in [0, 0.05) is 13.1 Å². The SMILES string of the molecule is Nc1[nH]ncc1S(=O)(=O)N1C[C@@H](O)[C@@H](O)C1. The Morgan fingerprint density at radius 2 is 2.00 bits per heavy atom. The van der Waals surface area contributed by atoms with Gasteiger partial charge in [0.2, 0.25) is 10.0 Å². The van der Waals surface area contributed by atoms with E-state index in [0.717, 1.165) is 10.5 Å². The molecule has 0 saturated carbocycles. The average Bonchev–Trinajstić information content (AvgIpc) is 2.75. The summed E-state index contributed by atoms with van der Waals surface area (Å²) < 4.78 is 24.9. The number of rotatable bonds is 2. The van der Waals surface area contributed by atoms with E-state index in [0.29, 0.717) is 0 Å². The quantitative estimate of drug-likeness (QED) is 0.466. The molecular weight excluding hydrogens is 236 g/mol. The molecule has 2 rings (SSSR count). The van der Waals surface area contributed by atoms with Gasteiger partial charge in [-0.05, 0) is 0 Å². The van der Waals surface area contributed by atoms with Gasteiger partial charge < -0.3 is 15.9 Å². The predicted molar refractivity (Wildman–Crippen MR) is 53.8 cm³/mol. The number of β-amino-alcohol motifs (C(OH)–C–C–N with tert-alkyl or cyclic N) is 2. The second-order valence-corrected chi connectivity index (χ2v) is 5.51. The second kappa shape index (κ2) is 3.70. The first kappa shape index (κ1) is 11.3. The molecule has 1 aliphatic heterocycles. The Hall–Kier alpha value is -1.16. The Balaban J connectivity index is 2.31. The number of H-pyrrole nitrogens is 1. The Labute approximate surface area is 91.7 Å². The Bertz CT molecular complexity index is 474. The first-order valence-corrected chi connectivity index (χ1v) is 6.02. The van der Waals surface area contributed by atoms with Crippen LogP contribution < -0.4 is 5.73 Å². The molecule has 1 aromatic rings. The number of nitrogens with two attached hydrogens (primary N) is 1. The van der Waals surface area contributed by atoms with Gasteiger partial charge in [-0.1, -0.05) is 0 Å². The Morgan fingerprint density at radius 1 is 1.44 bits per heavy atom. The topological polar surface area (TPSA) is 133 Å². The summed E-state index contributed by atoms with van der Waals surface area (Å²) in [5.74, 6) is -0.0594. The van der Waals surface area contributed by atoms with E-state index in [1.165, 1.54) is 0 Å². The molecule has 0 aromatic carbocycles.